The fourth-order valence-corrected chi connectivity index (χ4v) is 2.54. The van der Waals surface area contributed by atoms with E-state index in [1.807, 2.05) is 54.0 Å². The largest absolute Gasteiger partial charge is 0.306 e. The van der Waals surface area contributed by atoms with Crippen LogP contribution in [0.2, 0.25) is 10.0 Å². The SMILES string of the molecule is Cc1ccn2cc(-c3c(Cl)cccc3Cl)nc2c1. The number of imidazole rings is 1. The lowest BCUT2D eigenvalue weighted by Gasteiger charge is -2.02. The summed E-state index contributed by atoms with van der Waals surface area (Å²) in [6, 6.07) is 9.52. The molecular weight excluding hydrogens is 267 g/mol. The Kier molecular flexibility index (Phi) is 2.77. The third-order valence-corrected chi connectivity index (χ3v) is 3.46. The molecule has 2 aromatic heterocycles. The van der Waals surface area contributed by atoms with Crippen molar-refractivity contribution in [2.75, 3.05) is 0 Å². The van der Waals surface area contributed by atoms with Gasteiger partial charge in [-0.3, -0.25) is 0 Å². The van der Waals surface area contributed by atoms with Crippen molar-refractivity contribution >= 4 is 28.8 Å². The maximum absolute atomic E-state index is 6.19. The number of nitrogens with zero attached hydrogens (tertiary/aromatic N) is 2. The molecule has 0 aliphatic rings. The number of rotatable bonds is 1. The molecule has 2 heterocycles. The van der Waals surface area contributed by atoms with Gasteiger partial charge in [-0.05, 0) is 36.8 Å². The van der Waals surface area contributed by atoms with Crippen molar-refractivity contribution in [2.24, 2.45) is 0 Å². The van der Waals surface area contributed by atoms with Gasteiger partial charge in [0.1, 0.15) is 5.65 Å². The quantitative estimate of drug-likeness (QED) is 0.634. The van der Waals surface area contributed by atoms with Gasteiger partial charge in [0.05, 0.1) is 15.7 Å². The number of aryl methyl sites for hydroxylation is 1. The van der Waals surface area contributed by atoms with Crippen LogP contribution in [0.3, 0.4) is 0 Å². The number of halogens is 2. The van der Waals surface area contributed by atoms with E-state index in [1.165, 1.54) is 5.56 Å². The molecule has 0 unspecified atom stereocenters. The molecule has 4 heteroatoms. The highest BCUT2D eigenvalue weighted by Gasteiger charge is 2.11. The van der Waals surface area contributed by atoms with Gasteiger partial charge in [-0.2, -0.15) is 0 Å². The van der Waals surface area contributed by atoms with Crippen molar-refractivity contribution in [3.05, 3.63) is 58.3 Å². The minimum absolute atomic E-state index is 0.614. The van der Waals surface area contributed by atoms with Crippen LogP contribution in [0, 0.1) is 6.92 Å². The number of fused-ring (bicyclic) bond motifs is 1. The average Bonchev–Trinajstić information content (AvgIpc) is 2.71. The molecule has 3 rings (SSSR count). The zero-order chi connectivity index (χ0) is 12.7. The van der Waals surface area contributed by atoms with Crippen molar-refractivity contribution < 1.29 is 0 Å². The topological polar surface area (TPSA) is 17.3 Å². The van der Waals surface area contributed by atoms with Crippen molar-refractivity contribution in [1.82, 2.24) is 9.38 Å². The van der Waals surface area contributed by atoms with Gasteiger partial charge in [0.15, 0.2) is 0 Å². The van der Waals surface area contributed by atoms with Crippen LogP contribution < -0.4 is 0 Å². The summed E-state index contributed by atoms with van der Waals surface area (Å²) in [5.41, 5.74) is 3.63. The molecule has 1 aromatic carbocycles. The molecular formula is C14H10Cl2N2. The Bertz CT molecular complexity index is 711. The monoisotopic (exact) mass is 276 g/mol. The van der Waals surface area contributed by atoms with E-state index in [0.29, 0.717) is 10.0 Å². The number of benzene rings is 1. The fourth-order valence-electron chi connectivity index (χ4n) is 1.95. The summed E-state index contributed by atoms with van der Waals surface area (Å²) in [7, 11) is 0. The van der Waals surface area contributed by atoms with E-state index in [9.17, 15) is 0 Å². The molecule has 0 saturated carbocycles. The van der Waals surface area contributed by atoms with Gasteiger partial charge in [0.25, 0.3) is 0 Å². The summed E-state index contributed by atoms with van der Waals surface area (Å²) >= 11 is 12.4. The Morgan fingerprint density at radius 3 is 2.56 bits per heavy atom. The Morgan fingerprint density at radius 1 is 1.11 bits per heavy atom. The van der Waals surface area contributed by atoms with Crippen LogP contribution in [-0.4, -0.2) is 9.38 Å². The average molecular weight is 277 g/mol. The summed E-state index contributed by atoms with van der Waals surface area (Å²) in [5.74, 6) is 0. The molecule has 0 spiro atoms. The van der Waals surface area contributed by atoms with E-state index in [-0.39, 0.29) is 0 Å². The zero-order valence-electron chi connectivity index (χ0n) is 9.69. The lowest BCUT2D eigenvalue weighted by atomic mass is 10.2. The Morgan fingerprint density at radius 2 is 1.83 bits per heavy atom. The number of pyridine rings is 1. The highest BCUT2D eigenvalue weighted by atomic mass is 35.5. The van der Waals surface area contributed by atoms with Gasteiger partial charge in [-0.15, -0.1) is 0 Å². The molecule has 0 aliphatic carbocycles. The highest BCUT2D eigenvalue weighted by molar-refractivity contribution is 6.39. The summed E-state index contributed by atoms with van der Waals surface area (Å²) in [6.45, 7) is 2.04. The Labute approximate surface area is 115 Å². The van der Waals surface area contributed by atoms with Crippen LogP contribution in [0.1, 0.15) is 5.56 Å². The molecule has 0 amide bonds. The number of aromatic nitrogens is 2. The van der Waals surface area contributed by atoms with Gasteiger partial charge in [0.2, 0.25) is 0 Å². The molecule has 0 fully saturated rings. The van der Waals surface area contributed by atoms with Crippen molar-refractivity contribution in [3.63, 3.8) is 0 Å². The summed E-state index contributed by atoms with van der Waals surface area (Å²) in [5, 5.41) is 1.23. The Hall–Kier alpha value is -1.51. The molecule has 18 heavy (non-hydrogen) atoms. The lowest BCUT2D eigenvalue weighted by Crippen LogP contribution is -1.81. The molecule has 0 atom stereocenters. The molecule has 0 radical (unpaired) electrons. The first-order chi connectivity index (χ1) is 8.65. The van der Waals surface area contributed by atoms with E-state index >= 15 is 0 Å². The summed E-state index contributed by atoms with van der Waals surface area (Å²) in [4.78, 5) is 4.56. The maximum Gasteiger partial charge on any atom is 0.137 e. The molecule has 0 saturated heterocycles. The van der Waals surface area contributed by atoms with Crippen molar-refractivity contribution in [2.45, 2.75) is 6.92 Å². The van der Waals surface area contributed by atoms with Crippen LogP contribution in [0.15, 0.2) is 42.7 Å². The summed E-state index contributed by atoms with van der Waals surface area (Å²) < 4.78 is 1.96. The molecule has 3 aromatic rings. The minimum Gasteiger partial charge on any atom is -0.306 e. The first-order valence-corrected chi connectivity index (χ1v) is 6.30. The molecule has 0 N–H and O–H groups in total. The molecule has 90 valence electrons. The molecule has 0 bridgehead atoms. The second kappa shape index (κ2) is 4.30. The first kappa shape index (κ1) is 11.6. The van der Waals surface area contributed by atoms with Gasteiger partial charge >= 0.3 is 0 Å². The normalized spacial score (nSPS) is 11.1. The second-order valence-electron chi connectivity index (χ2n) is 4.19. The van der Waals surface area contributed by atoms with Crippen LogP contribution in [0.4, 0.5) is 0 Å². The van der Waals surface area contributed by atoms with Gasteiger partial charge in [0, 0.05) is 18.0 Å². The van der Waals surface area contributed by atoms with E-state index in [1.54, 1.807) is 0 Å². The fraction of sp³-hybridized carbons (Fsp3) is 0.0714. The van der Waals surface area contributed by atoms with E-state index in [2.05, 4.69) is 4.98 Å². The van der Waals surface area contributed by atoms with E-state index < -0.39 is 0 Å². The predicted octanol–water partition coefficient (Wildman–Crippen LogP) is 4.62. The van der Waals surface area contributed by atoms with Crippen LogP contribution in [0.25, 0.3) is 16.9 Å². The first-order valence-electron chi connectivity index (χ1n) is 5.55. The van der Waals surface area contributed by atoms with Crippen LogP contribution in [0.5, 0.6) is 0 Å². The second-order valence-corrected chi connectivity index (χ2v) is 5.01. The number of hydrogen-bond donors (Lipinski definition) is 0. The predicted molar refractivity (Wildman–Crippen MR) is 75.4 cm³/mol. The van der Waals surface area contributed by atoms with Crippen LogP contribution >= 0.6 is 23.2 Å². The maximum atomic E-state index is 6.19. The highest BCUT2D eigenvalue weighted by Crippen LogP contribution is 2.33. The van der Waals surface area contributed by atoms with E-state index in [4.69, 9.17) is 23.2 Å². The number of hydrogen-bond acceptors (Lipinski definition) is 1. The smallest absolute Gasteiger partial charge is 0.137 e. The minimum atomic E-state index is 0.614. The van der Waals surface area contributed by atoms with Gasteiger partial charge < -0.3 is 4.40 Å². The molecule has 2 nitrogen and oxygen atoms in total. The van der Waals surface area contributed by atoms with E-state index in [0.717, 1.165) is 16.9 Å². The molecule has 0 aliphatic heterocycles. The summed E-state index contributed by atoms with van der Waals surface area (Å²) in [6.07, 6.45) is 3.91. The zero-order valence-corrected chi connectivity index (χ0v) is 11.2. The van der Waals surface area contributed by atoms with Crippen molar-refractivity contribution in [1.29, 1.82) is 0 Å². The lowest BCUT2D eigenvalue weighted by molar-refractivity contribution is 1.17. The third kappa shape index (κ3) is 1.88. The van der Waals surface area contributed by atoms with Gasteiger partial charge in [-0.25, -0.2) is 4.98 Å². The third-order valence-electron chi connectivity index (χ3n) is 2.83. The standard InChI is InChI=1S/C14H10Cl2N2/c1-9-5-6-18-8-12(17-13(18)7-9)14-10(15)3-2-4-11(14)16/h2-8H,1H3. The van der Waals surface area contributed by atoms with Crippen molar-refractivity contribution in [3.8, 4) is 11.3 Å². The van der Waals surface area contributed by atoms with Crippen LogP contribution in [-0.2, 0) is 0 Å². The van der Waals surface area contributed by atoms with Gasteiger partial charge in [-0.1, -0.05) is 29.3 Å². The Balaban J connectivity index is 2.26.